The molecule has 5 heteroatoms. The van der Waals surface area contributed by atoms with Gasteiger partial charge in [0.05, 0.1) is 6.61 Å². The highest BCUT2D eigenvalue weighted by Crippen LogP contribution is 2.17. The topological polar surface area (TPSA) is 54.5 Å². The van der Waals surface area contributed by atoms with Crippen molar-refractivity contribution in [3.63, 3.8) is 0 Å². The Hall–Kier alpha value is -1.62. The molecule has 2 heterocycles. The molecule has 1 aliphatic heterocycles. The Morgan fingerprint density at radius 1 is 1.45 bits per heavy atom. The maximum Gasteiger partial charge on any atom is 0.409 e. The van der Waals surface area contributed by atoms with Crippen LogP contribution in [0.5, 0.6) is 0 Å². The number of nitrogens with one attached hydrogen (secondary N) is 1. The van der Waals surface area contributed by atoms with Gasteiger partial charge in [-0.05, 0) is 44.4 Å². The fraction of sp³-hybridized carbons (Fsp3) is 0.600. The molecule has 1 amide bonds. The Bertz CT molecular complexity index is 416. The number of carbonyl (C=O) groups excluding carboxylic acids is 1. The molecule has 0 aliphatic carbocycles. The fourth-order valence-corrected chi connectivity index (χ4v) is 2.55. The summed E-state index contributed by atoms with van der Waals surface area (Å²) in [6, 6.07) is 4.82. The van der Waals surface area contributed by atoms with E-state index in [1.807, 2.05) is 31.5 Å². The average molecular weight is 277 g/mol. The first kappa shape index (κ1) is 14.8. The highest BCUT2D eigenvalue weighted by Gasteiger charge is 2.24. The lowest BCUT2D eigenvalue weighted by atomic mass is 10.0. The van der Waals surface area contributed by atoms with Gasteiger partial charge in [-0.25, -0.2) is 4.79 Å². The van der Waals surface area contributed by atoms with Gasteiger partial charge < -0.3 is 15.0 Å². The van der Waals surface area contributed by atoms with Gasteiger partial charge in [0.15, 0.2) is 0 Å². The smallest absolute Gasteiger partial charge is 0.409 e. The Balaban J connectivity index is 1.78. The lowest BCUT2D eigenvalue weighted by molar-refractivity contribution is 0.0944. The Morgan fingerprint density at radius 2 is 2.10 bits per heavy atom. The van der Waals surface area contributed by atoms with Gasteiger partial charge in [0.1, 0.15) is 0 Å². The van der Waals surface area contributed by atoms with Gasteiger partial charge >= 0.3 is 6.09 Å². The standard InChI is InChI=1S/C15H23N3O2/c1-3-20-15(19)18-10-6-14(7-11-18)17-12(2)13-4-8-16-9-5-13/h4-5,8-9,12,14,17H,3,6-7,10-11H2,1-2H3/t12-/m0/s1. The van der Waals surface area contributed by atoms with Crippen LogP contribution in [0.25, 0.3) is 0 Å². The van der Waals surface area contributed by atoms with Crippen molar-refractivity contribution >= 4 is 6.09 Å². The number of rotatable bonds is 4. The summed E-state index contributed by atoms with van der Waals surface area (Å²) in [5, 5.41) is 3.62. The summed E-state index contributed by atoms with van der Waals surface area (Å²) < 4.78 is 5.03. The van der Waals surface area contributed by atoms with Crippen LogP contribution in [-0.2, 0) is 4.74 Å². The number of aromatic nitrogens is 1. The molecule has 0 bridgehead atoms. The van der Waals surface area contributed by atoms with Crippen LogP contribution in [0.4, 0.5) is 4.79 Å². The molecule has 1 atom stereocenters. The van der Waals surface area contributed by atoms with Gasteiger partial charge in [0.2, 0.25) is 0 Å². The molecule has 1 aliphatic rings. The summed E-state index contributed by atoms with van der Waals surface area (Å²) in [7, 11) is 0. The lowest BCUT2D eigenvalue weighted by Crippen LogP contribution is -2.45. The van der Waals surface area contributed by atoms with Crippen molar-refractivity contribution in [2.24, 2.45) is 0 Å². The second-order valence-electron chi connectivity index (χ2n) is 5.13. The van der Waals surface area contributed by atoms with Crippen molar-refractivity contribution in [3.8, 4) is 0 Å². The zero-order chi connectivity index (χ0) is 14.4. The van der Waals surface area contributed by atoms with Gasteiger partial charge in [-0.2, -0.15) is 0 Å². The number of likely N-dealkylation sites (tertiary alicyclic amines) is 1. The third kappa shape index (κ3) is 3.93. The molecule has 0 aromatic carbocycles. The highest BCUT2D eigenvalue weighted by molar-refractivity contribution is 5.67. The van der Waals surface area contributed by atoms with E-state index in [-0.39, 0.29) is 6.09 Å². The number of amides is 1. The number of carbonyl (C=O) groups is 1. The van der Waals surface area contributed by atoms with Crippen molar-refractivity contribution in [2.75, 3.05) is 19.7 Å². The molecule has 0 unspecified atom stereocenters. The molecule has 1 saturated heterocycles. The average Bonchev–Trinajstić information content (AvgIpc) is 2.49. The Kier molecular flexibility index (Phi) is 5.35. The molecule has 20 heavy (non-hydrogen) atoms. The van der Waals surface area contributed by atoms with Crippen molar-refractivity contribution in [1.82, 2.24) is 15.2 Å². The quantitative estimate of drug-likeness (QED) is 0.918. The van der Waals surface area contributed by atoms with Gasteiger partial charge in [0, 0.05) is 37.6 Å². The van der Waals surface area contributed by atoms with Crippen LogP contribution in [0.1, 0.15) is 38.3 Å². The van der Waals surface area contributed by atoms with Crippen molar-refractivity contribution < 1.29 is 9.53 Å². The maximum absolute atomic E-state index is 11.6. The molecule has 1 aromatic heterocycles. The van der Waals surface area contributed by atoms with E-state index in [1.165, 1.54) is 5.56 Å². The summed E-state index contributed by atoms with van der Waals surface area (Å²) in [5.41, 5.74) is 1.24. The van der Waals surface area contributed by atoms with Crippen molar-refractivity contribution in [1.29, 1.82) is 0 Å². The molecular formula is C15H23N3O2. The minimum atomic E-state index is -0.187. The molecule has 1 fully saturated rings. The lowest BCUT2D eigenvalue weighted by Gasteiger charge is -2.33. The summed E-state index contributed by atoms with van der Waals surface area (Å²) in [6.07, 6.45) is 5.38. The molecule has 0 spiro atoms. The summed E-state index contributed by atoms with van der Waals surface area (Å²) in [6.45, 7) is 5.96. The normalized spacial score (nSPS) is 17.8. The minimum Gasteiger partial charge on any atom is -0.450 e. The van der Waals surface area contributed by atoms with Crippen molar-refractivity contribution in [3.05, 3.63) is 30.1 Å². The largest absolute Gasteiger partial charge is 0.450 e. The van der Waals surface area contributed by atoms with E-state index in [4.69, 9.17) is 4.74 Å². The molecule has 5 nitrogen and oxygen atoms in total. The van der Waals surface area contributed by atoms with Crippen molar-refractivity contribution in [2.45, 2.75) is 38.8 Å². The predicted molar refractivity (Wildman–Crippen MR) is 77.4 cm³/mol. The van der Waals surface area contributed by atoms with Crippen LogP contribution >= 0.6 is 0 Å². The Morgan fingerprint density at radius 3 is 2.70 bits per heavy atom. The minimum absolute atomic E-state index is 0.187. The molecule has 2 rings (SSSR count). The van der Waals surface area contributed by atoms with Gasteiger partial charge in [-0.1, -0.05) is 0 Å². The van der Waals surface area contributed by atoms with E-state index >= 15 is 0 Å². The summed E-state index contributed by atoms with van der Waals surface area (Å²) in [4.78, 5) is 17.5. The number of pyridine rings is 1. The Labute approximate surface area is 120 Å². The molecule has 1 aromatic rings. The zero-order valence-electron chi connectivity index (χ0n) is 12.2. The second-order valence-corrected chi connectivity index (χ2v) is 5.13. The summed E-state index contributed by atoms with van der Waals surface area (Å²) in [5.74, 6) is 0. The van der Waals surface area contributed by atoms with Crippen LogP contribution in [-0.4, -0.2) is 41.7 Å². The first-order chi connectivity index (χ1) is 9.70. The zero-order valence-corrected chi connectivity index (χ0v) is 12.2. The predicted octanol–water partition coefficient (Wildman–Crippen LogP) is 2.35. The number of piperidine rings is 1. The molecule has 110 valence electrons. The van der Waals surface area contributed by atoms with Crippen LogP contribution in [0, 0.1) is 0 Å². The van der Waals surface area contributed by atoms with Crippen LogP contribution < -0.4 is 5.32 Å². The van der Waals surface area contributed by atoms with Gasteiger partial charge in [-0.3, -0.25) is 4.98 Å². The monoisotopic (exact) mass is 277 g/mol. The fourth-order valence-electron chi connectivity index (χ4n) is 2.55. The van der Waals surface area contributed by atoms with Crippen LogP contribution in [0.15, 0.2) is 24.5 Å². The second kappa shape index (κ2) is 7.24. The SMILES string of the molecule is CCOC(=O)N1CCC(N[C@@H](C)c2ccncc2)CC1. The number of hydrogen-bond acceptors (Lipinski definition) is 4. The molecule has 1 N–H and O–H groups in total. The summed E-state index contributed by atoms with van der Waals surface area (Å²) >= 11 is 0. The van der Waals surface area contributed by atoms with Gasteiger partial charge in [0.25, 0.3) is 0 Å². The highest BCUT2D eigenvalue weighted by atomic mass is 16.6. The molecule has 0 radical (unpaired) electrons. The van der Waals surface area contributed by atoms with E-state index in [9.17, 15) is 4.79 Å². The van der Waals surface area contributed by atoms with Gasteiger partial charge in [-0.15, -0.1) is 0 Å². The van der Waals surface area contributed by atoms with E-state index < -0.39 is 0 Å². The number of ether oxygens (including phenoxy) is 1. The third-order valence-electron chi connectivity index (χ3n) is 3.71. The third-order valence-corrected chi connectivity index (χ3v) is 3.71. The number of hydrogen-bond donors (Lipinski definition) is 1. The van der Waals surface area contributed by atoms with E-state index in [2.05, 4.69) is 17.2 Å². The molecular weight excluding hydrogens is 254 g/mol. The first-order valence-corrected chi connectivity index (χ1v) is 7.28. The molecule has 0 saturated carbocycles. The van der Waals surface area contributed by atoms with E-state index in [1.54, 1.807) is 4.90 Å². The van der Waals surface area contributed by atoms with E-state index in [0.29, 0.717) is 18.7 Å². The van der Waals surface area contributed by atoms with E-state index in [0.717, 1.165) is 25.9 Å². The van der Waals surface area contributed by atoms with Crippen LogP contribution in [0.2, 0.25) is 0 Å². The maximum atomic E-state index is 11.6. The van der Waals surface area contributed by atoms with Crippen LogP contribution in [0.3, 0.4) is 0 Å². The number of nitrogens with zero attached hydrogens (tertiary/aromatic N) is 2. The first-order valence-electron chi connectivity index (χ1n) is 7.28.